The minimum Gasteiger partial charge on any atom is -0.476 e. The SMILES string of the molecule is CCc1nc(NCc2cccnc2)c([N+](=O)[O-])c(OC)n1. The van der Waals surface area contributed by atoms with E-state index >= 15 is 0 Å². The summed E-state index contributed by atoms with van der Waals surface area (Å²) in [6.07, 6.45) is 3.89. The van der Waals surface area contributed by atoms with Crippen molar-refractivity contribution in [3.8, 4) is 5.88 Å². The first-order valence-electron chi connectivity index (χ1n) is 6.37. The number of aryl methyl sites for hydroxylation is 1. The highest BCUT2D eigenvalue weighted by Gasteiger charge is 2.25. The molecule has 0 aromatic carbocycles. The van der Waals surface area contributed by atoms with Crippen LogP contribution in [0.4, 0.5) is 11.5 Å². The summed E-state index contributed by atoms with van der Waals surface area (Å²) in [6, 6.07) is 3.66. The summed E-state index contributed by atoms with van der Waals surface area (Å²) in [5.41, 5.74) is 0.626. The van der Waals surface area contributed by atoms with Crippen LogP contribution < -0.4 is 10.1 Å². The maximum absolute atomic E-state index is 11.2. The van der Waals surface area contributed by atoms with Gasteiger partial charge >= 0.3 is 5.69 Å². The summed E-state index contributed by atoms with van der Waals surface area (Å²) in [6.45, 7) is 2.24. The maximum atomic E-state index is 11.2. The molecule has 0 spiro atoms. The van der Waals surface area contributed by atoms with Gasteiger partial charge < -0.3 is 10.1 Å². The molecular formula is C13H15N5O3. The fourth-order valence-electron chi connectivity index (χ4n) is 1.76. The Balaban J connectivity index is 2.34. The van der Waals surface area contributed by atoms with Gasteiger partial charge in [-0.25, -0.2) is 4.98 Å². The zero-order chi connectivity index (χ0) is 15.2. The lowest BCUT2D eigenvalue weighted by Gasteiger charge is -2.09. The molecule has 2 aromatic rings. The van der Waals surface area contributed by atoms with E-state index in [4.69, 9.17) is 4.74 Å². The van der Waals surface area contributed by atoms with Crippen LogP contribution in [0.1, 0.15) is 18.3 Å². The second-order valence-electron chi connectivity index (χ2n) is 4.17. The molecule has 0 aliphatic carbocycles. The third kappa shape index (κ3) is 3.41. The number of nitro groups is 1. The van der Waals surface area contributed by atoms with Crippen LogP contribution in [0, 0.1) is 10.1 Å². The summed E-state index contributed by atoms with van der Waals surface area (Å²) in [5, 5.41) is 14.2. The van der Waals surface area contributed by atoms with E-state index in [-0.39, 0.29) is 17.4 Å². The number of hydrogen-bond donors (Lipinski definition) is 1. The van der Waals surface area contributed by atoms with Gasteiger partial charge in [-0.15, -0.1) is 0 Å². The maximum Gasteiger partial charge on any atom is 0.372 e. The average Bonchev–Trinajstić information content (AvgIpc) is 2.52. The van der Waals surface area contributed by atoms with Gasteiger partial charge in [0.2, 0.25) is 5.82 Å². The monoisotopic (exact) mass is 289 g/mol. The number of hydrogen-bond acceptors (Lipinski definition) is 7. The Morgan fingerprint density at radius 1 is 1.43 bits per heavy atom. The lowest BCUT2D eigenvalue weighted by atomic mass is 10.3. The highest BCUT2D eigenvalue weighted by atomic mass is 16.6. The van der Waals surface area contributed by atoms with Crippen LogP contribution in [0.2, 0.25) is 0 Å². The molecule has 21 heavy (non-hydrogen) atoms. The molecule has 8 nitrogen and oxygen atoms in total. The van der Waals surface area contributed by atoms with Gasteiger partial charge in [0.25, 0.3) is 5.88 Å². The standard InChI is InChI=1S/C13H15N5O3/c1-3-10-16-12(11(18(19)20)13(17-10)21-2)15-8-9-5-4-6-14-7-9/h4-7H,3,8H2,1-2H3,(H,15,16,17). The Morgan fingerprint density at radius 2 is 2.24 bits per heavy atom. The quantitative estimate of drug-likeness (QED) is 0.640. The van der Waals surface area contributed by atoms with Crippen molar-refractivity contribution in [2.45, 2.75) is 19.9 Å². The van der Waals surface area contributed by atoms with Crippen molar-refractivity contribution in [3.05, 3.63) is 46.0 Å². The molecule has 8 heteroatoms. The molecule has 0 atom stereocenters. The third-order valence-corrected chi connectivity index (χ3v) is 2.77. The Morgan fingerprint density at radius 3 is 2.81 bits per heavy atom. The molecule has 0 unspecified atom stereocenters. The van der Waals surface area contributed by atoms with E-state index in [0.29, 0.717) is 18.8 Å². The van der Waals surface area contributed by atoms with E-state index in [1.165, 1.54) is 7.11 Å². The van der Waals surface area contributed by atoms with Crippen LogP contribution in [0.3, 0.4) is 0 Å². The number of nitrogens with one attached hydrogen (secondary N) is 1. The number of methoxy groups -OCH3 is 1. The topological polar surface area (TPSA) is 103 Å². The first kappa shape index (κ1) is 14.6. The molecule has 2 rings (SSSR count). The molecule has 0 bridgehead atoms. The second-order valence-corrected chi connectivity index (χ2v) is 4.17. The van der Waals surface area contributed by atoms with Crippen molar-refractivity contribution in [3.63, 3.8) is 0 Å². The Kier molecular flexibility index (Phi) is 4.60. The molecule has 0 amide bonds. The van der Waals surface area contributed by atoms with Gasteiger partial charge in [-0.1, -0.05) is 13.0 Å². The van der Waals surface area contributed by atoms with Crippen LogP contribution in [0.25, 0.3) is 0 Å². The zero-order valence-electron chi connectivity index (χ0n) is 11.7. The molecule has 0 radical (unpaired) electrons. The summed E-state index contributed by atoms with van der Waals surface area (Å²) < 4.78 is 5.00. The Labute approximate surface area is 121 Å². The fraction of sp³-hybridized carbons (Fsp3) is 0.308. The van der Waals surface area contributed by atoms with E-state index in [9.17, 15) is 10.1 Å². The predicted octanol–water partition coefficient (Wildman–Crippen LogP) is 1.96. The summed E-state index contributed by atoms with van der Waals surface area (Å²) in [4.78, 5) is 22.8. The number of nitrogens with zero attached hydrogens (tertiary/aromatic N) is 4. The van der Waals surface area contributed by atoms with E-state index in [1.54, 1.807) is 18.5 Å². The lowest BCUT2D eigenvalue weighted by Crippen LogP contribution is -2.09. The van der Waals surface area contributed by atoms with Crippen LogP contribution in [0.15, 0.2) is 24.5 Å². The fourth-order valence-corrected chi connectivity index (χ4v) is 1.76. The van der Waals surface area contributed by atoms with Crippen LogP contribution in [-0.4, -0.2) is 27.0 Å². The van der Waals surface area contributed by atoms with Gasteiger partial charge in [-0.05, 0) is 11.6 Å². The second kappa shape index (κ2) is 6.60. The molecule has 0 saturated heterocycles. The molecule has 1 N–H and O–H groups in total. The molecule has 110 valence electrons. The molecule has 0 aliphatic rings. The Hall–Kier alpha value is -2.77. The van der Waals surface area contributed by atoms with E-state index in [0.717, 1.165) is 5.56 Å². The van der Waals surface area contributed by atoms with Crippen LogP contribution in [-0.2, 0) is 13.0 Å². The lowest BCUT2D eigenvalue weighted by molar-refractivity contribution is -0.385. The highest BCUT2D eigenvalue weighted by Crippen LogP contribution is 2.31. The van der Waals surface area contributed by atoms with Gasteiger partial charge in [0.05, 0.1) is 12.0 Å². The zero-order valence-corrected chi connectivity index (χ0v) is 11.7. The van der Waals surface area contributed by atoms with Crippen LogP contribution in [0.5, 0.6) is 5.88 Å². The molecule has 0 saturated carbocycles. The first-order chi connectivity index (χ1) is 10.2. The van der Waals surface area contributed by atoms with Gasteiger partial charge in [-0.2, -0.15) is 4.98 Å². The summed E-state index contributed by atoms with van der Waals surface area (Å²) >= 11 is 0. The minimum atomic E-state index is -0.552. The molecule has 0 fully saturated rings. The van der Waals surface area contributed by atoms with E-state index in [2.05, 4.69) is 20.3 Å². The van der Waals surface area contributed by atoms with Crippen molar-refractivity contribution >= 4 is 11.5 Å². The Bertz CT molecular complexity index is 633. The highest BCUT2D eigenvalue weighted by molar-refractivity contribution is 5.61. The normalized spacial score (nSPS) is 10.2. The van der Waals surface area contributed by atoms with Crippen molar-refractivity contribution < 1.29 is 9.66 Å². The first-order valence-corrected chi connectivity index (χ1v) is 6.37. The minimum absolute atomic E-state index is 0.0412. The molecule has 2 aromatic heterocycles. The van der Waals surface area contributed by atoms with Crippen molar-refractivity contribution in [1.29, 1.82) is 0 Å². The number of anilines is 1. The summed E-state index contributed by atoms with van der Waals surface area (Å²) in [7, 11) is 1.35. The molecule has 0 aliphatic heterocycles. The van der Waals surface area contributed by atoms with Gasteiger partial charge in [0.1, 0.15) is 5.82 Å². The predicted molar refractivity (Wildman–Crippen MR) is 76.2 cm³/mol. The molecule has 2 heterocycles. The number of ether oxygens (including phenoxy) is 1. The van der Waals surface area contributed by atoms with Gasteiger partial charge in [0.15, 0.2) is 0 Å². The van der Waals surface area contributed by atoms with E-state index < -0.39 is 4.92 Å². The van der Waals surface area contributed by atoms with Crippen molar-refractivity contribution in [1.82, 2.24) is 15.0 Å². The van der Waals surface area contributed by atoms with Crippen LogP contribution >= 0.6 is 0 Å². The van der Waals surface area contributed by atoms with Crippen molar-refractivity contribution in [2.24, 2.45) is 0 Å². The third-order valence-electron chi connectivity index (χ3n) is 2.77. The van der Waals surface area contributed by atoms with Gasteiger partial charge in [0, 0.05) is 25.4 Å². The summed E-state index contributed by atoms with van der Waals surface area (Å²) in [5.74, 6) is 0.583. The van der Waals surface area contributed by atoms with Gasteiger partial charge in [-0.3, -0.25) is 15.1 Å². The van der Waals surface area contributed by atoms with Crippen molar-refractivity contribution in [2.75, 3.05) is 12.4 Å². The average molecular weight is 289 g/mol. The number of rotatable bonds is 6. The van der Waals surface area contributed by atoms with E-state index in [1.807, 2.05) is 13.0 Å². The number of aromatic nitrogens is 3. The molecular weight excluding hydrogens is 274 g/mol. The largest absolute Gasteiger partial charge is 0.476 e. The smallest absolute Gasteiger partial charge is 0.372 e. The number of pyridine rings is 1.